The summed E-state index contributed by atoms with van der Waals surface area (Å²) in [7, 11) is -2.36. The number of rotatable bonds is 7. The van der Waals surface area contributed by atoms with Crippen molar-refractivity contribution in [1.82, 2.24) is 4.31 Å². The van der Waals surface area contributed by atoms with Crippen molar-refractivity contribution in [3.05, 3.63) is 28.8 Å². The Bertz CT molecular complexity index is 589. The Morgan fingerprint density at radius 2 is 2.10 bits per heavy atom. The minimum absolute atomic E-state index is 0.0478. The second kappa shape index (κ2) is 6.92. The average molecular weight is 321 g/mol. The standard InChI is InChI=1S/C12H17ClN2O4S/c1-3-4-7-15(2)20(18,19)14-11-8-9(13)5-6-10(11)12(16)17/h5-6,8,14H,3-4,7H2,1-2H3,(H,16,17). The Kier molecular flexibility index (Phi) is 5.79. The van der Waals surface area contributed by atoms with E-state index in [1.165, 1.54) is 25.2 Å². The van der Waals surface area contributed by atoms with Gasteiger partial charge in [-0.2, -0.15) is 12.7 Å². The number of benzene rings is 1. The summed E-state index contributed by atoms with van der Waals surface area (Å²) in [5, 5.41) is 9.30. The number of aromatic carboxylic acids is 1. The highest BCUT2D eigenvalue weighted by molar-refractivity contribution is 7.90. The van der Waals surface area contributed by atoms with E-state index >= 15 is 0 Å². The van der Waals surface area contributed by atoms with E-state index in [-0.39, 0.29) is 16.3 Å². The lowest BCUT2D eigenvalue weighted by molar-refractivity contribution is 0.0698. The van der Waals surface area contributed by atoms with Gasteiger partial charge in [-0.25, -0.2) is 4.79 Å². The summed E-state index contributed by atoms with van der Waals surface area (Å²) < 4.78 is 27.5. The maximum atomic E-state index is 12.1. The molecule has 1 aromatic carbocycles. The fourth-order valence-electron chi connectivity index (χ4n) is 1.51. The zero-order valence-corrected chi connectivity index (χ0v) is 12.8. The zero-order chi connectivity index (χ0) is 15.3. The van der Waals surface area contributed by atoms with Crippen LogP contribution in [-0.2, 0) is 10.2 Å². The number of nitrogens with zero attached hydrogens (tertiary/aromatic N) is 1. The molecular weight excluding hydrogens is 304 g/mol. The van der Waals surface area contributed by atoms with Crippen molar-refractivity contribution in [2.24, 2.45) is 0 Å². The molecule has 8 heteroatoms. The summed E-state index contributed by atoms with van der Waals surface area (Å²) >= 11 is 5.77. The number of nitrogens with one attached hydrogen (secondary N) is 1. The Hall–Kier alpha value is -1.31. The highest BCUT2D eigenvalue weighted by atomic mass is 35.5. The minimum Gasteiger partial charge on any atom is -0.478 e. The lowest BCUT2D eigenvalue weighted by Crippen LogP contribution is -2.33. The SMILES string of the molecule is CCCCN(C)S(=O)(=O)Nc1cc(Cl)ccc1C(=O)O. The van der Waals surface area contributed by atoms with E-state index in [0.717, 1.165) is 17.1 Å². The molecule has 0 aliphatic rings. The van der Waals surface area contributed by atoms with Crippen LogP contribution in [-0.4, -0.2) is 37.4 Å². The molecule has 0 saturated carbocycles. The number of hydrogen-bond acceptors (Lipinski definition) is 3. The van der Waals surface area contributed by atoms with Crippen molar-refractivity contribution in [3.8, 4) is 0 Å². The molecule has 0 amide bonds. The summed E-state index contributed by atoms with van der Waals surface area (Å²) in [4.78, 5) is 11.1. The third kappa shape index (κ3) is 4.36. The van der Waals surface area contributed by atoms with Crippen LogP contribution in [0.15, 0.2) is 18.2 Å². The molecule has 0 aliphatic carbocycles. The number of carboxylic acid groups (broad SMARTS) is 1. The molecule has 112 valence electrons. The second-order valence-electron chi connectivity index (χ2n) is 4.28. The molecule has 0 radical (unpaired) electrons. The molecular formula is C12H17ClN2O4S. The highest BCUT2D eigenvalue weighted by Gasteiger charge is 2.20. The van der Waals surface area contributed by atoms with Crippen molar-refractivity contribution in [2.45, 2.75) is 19.8 Å². The van der Waals surface area contributed by atoms with Gasteiger partial charge in [0.05, 0.1) is 11.3 Å². The molecule has 0 aromatic heterocycles. The summed E-state index contributed by atoms with van der Waals surface area (Å²) in [6, 6.07) is 3.92. The molecule has 0 bridgehead atoms. The first-order chi connectivity index (χ1) is 9.27. The smallest absolute Gasteiger partial charge is 0.337 e. The predicted octanol–water partition coefficient (Wildman–Crippen LogP) is 2.43. The van der Waals surface area contributed by atoms with Crippen molar-refractivity contribution < 1.29 is 18.3 Å². The van der Waals surface area contributed by atoms with Crippen LogP contribution >= 0.6 is 11.6 Å². The van der Waals surface area contributed by atoms with Gasteiger partial charge in [0.2, 0.25) is 0 Å². The summed E-state index contributed by atoms with van der Waals surface area (Å²) in [6.07, 6.45) is 1.58. The van der Waals surface area contributed by atoms with E-state index in [2.05, 4.69) is 4.72 Å². The molecule has 0 heterocycles. The maximum Gasteiger partial charge on any atom is 0.337 e. The normalized spacial score (nSPS) is 11.6. The molecule has 2 N–H and O–H groups in total. The third-order valence-electron chi connectivity index (χ3n) is 2.69. The molecule has 1 aromatic rings. The van der Waals surface area contributed by atoms with Crippen molar-refractivity contribution in [1.29, 1.82) is 0 Å². The van der Waals surface area contributed by atoms with Crippen LogP contribution in [0.2, 0.25) is 5.02 Å². The molecule has 0 fully saturated rings. The number of hydrogen-bond donors (Lipinski definition) is 2. The molecule has 6 nitrogen and oxygen atoms in total. The molecule has 0 saturated heterocycles. The fourth-order valence-corrected chi connectivity index (χ4v) is 2.65. The van der Waals surface area contributed by atoms with Gasteiger partial charge >= 0.3 is 16.2 Å². The van der Waals surface area contributed by atoms with Gasteiger partial charge in [-0.05, 0) is 24.6 Å². The average Bonchev–Trinajstić information content (AvgIpc) is 2.34. The van der Waals surface area contributed by atoms with E-state index in [1.807, 2.05) is 6.92 Å². The summed E-state index contributed by atoms with van der Waals surface area (Å²) in [6.45, 7) is 2.31. The monoisotopic (exact) mass is 320 g/mol. The topological polar surface area (TPSA) is 86.7 Å². The molecule has 20 heavy (non-hydrogen) atoms. The van der Waals surface area contributed by atoms with Gasteiger partial charge in [0.15, 0.2) is 0 Å². The lowest BCUT2D eigenvalue weighted by Gasteiger charge is -2.19. The number of anilines is 1. The number of carboxylic acids is 1. The minimum atomic E-state index is -3.80. The third-order valence-corrected chi connectivity index (χ3v) is 4.40. The van der Waals surface area contributed by atoms with Gasteiger partial charge < -0.3 is 5.11 Å². The van der Waals surface area contributed by atoms with Crippen LogP contribution in [0.3, 0.4) is 0 Å². The molecule has 0 unspecified atom stereocenters. The van der Waals surface area contributed by atoms with Gasteiger partial charge in [0.25, 0.3) is 0 Å². The second-order valence-corrected chi connectivity index (χ2v) is 6.49. The van der Waals surface area contributed by atoms with Crippen LogP contribution < -0.4 is 4.72 Å². The van der Waals surface area contributed by atoms with Crippen LogP contribution in [0, 0.1) is 0 Å². The van der Waals surface area contributed by atoms with Gasteiger partial charge in [0, 0.05) is 18.6 Å². The van der Waals surface area contributed by atoms with E-state index in [4.69, 9.17) is 16.7 Å². The molecule has 0 atom stereocenters. The van der Waals surface area contributed by atoms with E-state index < -0.39 is 16.2 Å². The van der Waals surface area contributed by atoms with Gasteiger partial charge in [-0.3, -0.25) is 4.72 Å². The Morgan fingerprint density at radius 1 is 1.45 bits per heavy atom. The largest absolute Gasteiger partial charge is 0.478 e. The van der Waals surface area contributed by atoms with Crippen molar-refractivity contribution in [2.75, 3.05) is 18.3 Å². The molecule has 0 aliphatic heterocycles. The van der Waals surface area contributed by atoms with Crippen LogP contribution in [0.25, 0.3) is 0 Å². The zero-order valence-electron chi connectivity index (χ0n) is 11.3. The Morgan fingerprint density at radius 3 is 2.65 bits per heavy atom. The van der Waals surface area contributed by atoms with Crippen LogP contribution in [0.5, 0.6) is 0 Å². The summed E-state index contributed by atoms with van der Waals surface area (Å²) in [5.41, 5.74) is -0.199. The van der Waals surface area contributed by atoms with E-state index in [9.17, 15) is 13.2 Å². The lowest BCUT2D eigenvalue weighted by atomic mass is 10.2. The van der Waals surface area contributed by atoms with Gasteiger partial charge in [-0.15, -0.1) is 0 Å². The Balaban J connectivity index is 3.02. The first kappa shape index (κ1) is 16.7. The maximum absolute atomic E-state index is 12.1. The molecule has 1 rings (SSSR count). The van der Waals surface area contributed by atoms with Crippen LogP contribution in [0.1, 0.15) is 30.1 Å². The Labute approximate surface area is 123 Å². The first-order valence-corrected chi connectivity index (χ1v) is 7.86. The van der Waals surface area contributed by atoms with Crippen molar-refractivity contribution in [3.63, 3.8) is 0 Å². The number of halogens is 1. The number of carbonyl (C=O) groups is 1. The van der Waals surface area contributed by atoms with Crippen LogP contribution in [0.4, 0.5) is 5.69 Å². The number of unbranched alkanes of at least 4 members (excludes halogenated alkanes) is 1. The first-order valence-electron chi connectivity index (χ1n) is 6.05. The van der Waals surface area contributed by atoms with Crippen molar-refractivity contribution >= 4 is 33.5 Å². The van der Waals surface area contributed by atoms with Gasteiger partial charge in [0.1, 0.15) is 0 Å². The fraction of sp³-hybridized carbons (Fsp3) is 0.417. The van der Waals surface area contributed by atoms with E-state index in [0.29, 0.717) is 6.54 Å². The molecule has 0 spiro atoms. The quantitative estimate of drug-likeness (QED) is 0.807. The predicted molar refractivity (Wildman–Crippen MR) is 78.5 cm³/mol. The highest BCUT2D eigenvalue weighted by Crippen LogP contribution is 2.22. The van der Waals surface area contributed by atoms with Gasteiger partial charge in [-0.1, -0.05) is 24.9 Å². The summed E-state index contributed by atoms with van der Waals surface area (Å²) in [5.74, 6) is -1.23. The van der Waals surface area contributed by atoms with E-state index in [1.54, 1.807) is 0 Å².